The minimum atomic E-state index is 0.316. The quantitative estimate of drug-likeness (QED) is 0.725. The molecule has 1 unspecified atom stereocenters. The number of hydrogen-bond acceptors (Lipinski definition) is 6. The Morgan fingerprint density at radius 3 is 2.25 bits per heavy atom. The smallest absolute Gasteiger partial charge is 0.323 e. The van der Waals surface area contributed by atoms with Crippen LogP contribution in [0.15, 0.2) is 0 Å². The maximum Gasteiger partial charge on any atom is 0.323 e. The summed E-state index contributed by atoms with van der Waals surface area (Å²) >= 11 is 0. The molecule has 0 radical (unpaired) electrons. The minimum Gasteiger partial charge on any atom is -0.463 e. The molecule has 114 valence electrons. The van der Waals surface area contributed by atoms with E-state index in [2.05, 4.69) is 53.3 Å². The van der Waals surface area contributed by atoms with Crippen LogP contribution in [0.4, 0.5) is 11.9 Å². The highest BCUT2D eigenvalue weighted by molar-refractivity contribution is 5.36. The molecule has 2 N–H and O–H groups in total. The van der Waals surface area contributed by atoms with Gasteiger partial charge in [0.1, 0.15) is 0 Å². The molecule has 1 aromatic rings. The first-order valence-corrected chi connectivity index (χ1v) is 7.47. The van der Waals surface area contributed by atoms with Crippen LogP contribution in [-0.4, -0.2) is 34.6 Å². The van der Waals surface area contributed by atoms with E-state index in [0.29, 0.717) is 36.5 Å². The Bertz CT molecular complexity index is 395. The summed E-state index contributed by atoms with van der Waals surface area (Å²) in [5.41, 5.74) is 0. The van der Waals surface area contributed by atoms with E-state index in [9.17, 15) is 0 Å². The Morgan fingerprint density at radius 2 is 1.70 bits per heavy atom. The first-order valence-electron chi connectivity index (χ1n) is 7.47. The van der Waals surface area contributed by atoms with Crippen LogP contribution in [0.5, 0.6) is 6.01 Å². The largest absolute Gasteiger partial charge is 0.463 e. The molecule has 20 heavy (non-hydrogen) atoms. The minimum absolute atomic E-state index is 0.316. The van der Waals surface area contributed by atoms with E-state index in [1.807, 2.05) is 0 Å². The zero-order valence-electron chi connectivity index (χ0n) is 13.2. The second-order valence-electron chi connectivity index (χ2n) is 4.87. The van der Waals surface area contributed by atoms with Gasteiger partial charge < -0.3 is 15.4 Å². The van der Waals surface area contributed by atoms with Crippen molar-refractivity contribution >= 4 is 11.9 Å². The molecule has 0 spiro atoms. The Balaban J connectivity index is 2.82. The third-order valence-corrected chi connectivity index (χ3v) is 3.39. The zero-order chi connectivity index (χ0) is 15.0. The summed E-state index contributed by atoms with van der Waals surface area (Å²) in [7, 11) is 1.78. The number of aromatic nitrogens is 3. The fourth-order valence-electron chi connectivity index (χ4n) is 2.11. The van der Waals surface area contributed by atoms with Crippen molar-refractivity contribution in [1.82, 2.24) is 15.0 Å². The molecule has 6 heteroatoms. The number of ether oxygens (including phenoxy) is 1. The summed E-state index contributed by atoms with van der Waals surface area (Å²) in [5, 5.41) is 6.29. The van der Waals surface area contributed by atoms with Crippen molar-refractivity contribution in [3.63, 3.8) is 0 Å². The Morgan fingerprint density at radius 1 is 1.05 bits per heavy atom. The van der Waals surface area contributed by atoms with Crippen LogP contribution in [0.1, 0.15) is 47.0 Å². The average molecular weight is 281 g/mol. The molecule has 1 rings (SSSR count). The molecule has 1 atom stereocenters. The molecular formula is C14H27N5O. The van der Waals surface area contributed by atoms with E-state index in [4.69, 9.17) is 4.74 Å². The maximum absolute atomic E-state index is 5.49. The highest BCUT2D eigenvalue weighted by Gasteiger charge is 2.15. The van der Waals surface area contributed by atoms with Gasteiger partial charge >= 0.3 is 6.01 Å². The fourth-order valence-corrected chi connectivity index (χ4v) is 2.11. The van der Waals surface area contributed by atoms with Gasteiger partial charge in [0.05, 0.1) is 6.61 Å². The van der Waals surface area contributed by atoms with Gasteiger partial charge in [-0.2, -0.15) is 15.0 Å². The SMILES string of the molecule is CCCOc1nc(NC)nc(NC(C)C(CC)CC)n1. The van der Waals surface area contributed by atoms with Crippen molar-refractivity contribution in [3.05, 3.63) is 0 Å². The van der Waals surface area contributed by atoms with E-state index >= 15 is 0 Å². The number of nitrogens with one attached hydrogen (secondary N) is 2. The first-order chi connectivity index (χ1) is 9.64. The molecule has 0 aromatic carbocycles. The summed E-state index contributed by atoms with van der Waals surface area (Å²) in [6, 6.07) is 0.682. The molecule has 1 heterocycles. The monoisotopic (exact) mass is 281 g/mol. The normalized spacial score (nSPS) is 12.3. The van der Waals surface area contributed by atoms with E-state index < -0.39 is 0 Å². The van der Waals surface area contributed by atoms with Gasteiger partial charge in [-0.3, -0.25) is 0 Å². The standard InChI is InChI=1S/C14H27N5O/c1-6-9-20-14-18-12(15-5)17-13(19-14)16-10(4)11(7-2)8-3/h10-11H,6-9H2,1-5H3,(H2,15,16,17,18,19). The van der Waals surface area contributed by atoms with Crippen LogP contribution in [0.3, 0.4) is 0 Å². The van der Waals surface area contributed by atoms with Crippen molar-refractivity contribution in [3.8, 4) is 6.01 Å². The predicted molar refractivity (Wildman–Crippen MR) is 82.3 cm³/mol. The number of rotatable bonds is 9. The molecule has 1 aromatic heterocycles. The van der Waals surface area contributed by atoms with Gasteiger partial charge in [-0.05, 0) is 19.3 Å². The van der Waals surface area contributed by atoms with E-state index in [1.165, 1.54) is 0 Å². The van der Waals surface area contributed by atoms with Crippen LogP contribution in [0, 0.1) is 5.92 Å². The highest BCUT2D eigenvalue weighted by Crippen LogP contribution is 2.18. The third-order valence-electron chi connectivity index (χ3n) is 3.39. The van der Waals surface area contributed by atoms with Gasteiger partial charge in [0, 0.05) is 13.1 Å². The summed E-state index contributed by atoms with van der Waals surface area (Å²) in [5.74, 6) is 1.69. The van der Waals surface area contributed by atoms with Gasteiger partial charge in [-0.25, -0.2) is 0 Å². The first kappa shape index (κ1) is 16.5. The third kappa shape index (κ3) is 4.83. The molecule has 0 fully saturated rings. The van der Waals surface area contributed by atoms with E-state index in [1.54, 1.807) is 7.05 Å². The summed E-state index contributed by atoms with van der Waals surface area (Å²) in [6.07, 6.45) is 3.19. The highest BCUT2D eigenvalue weighted by atomic mass is 16.5. The second-order valence-corrected chi connectivity index (χ2v) is 4.87. The van der Waals surface area contributed by atoms with Crippen LogP contribution in [-0.2, 0) is 0 Å². The van der Waals surface area contributed by atoms with Crippen molar-refractivity contribution in [1.29, 1.82) is 0 Å². The van der Waals surface area contributed by atoms with Crippen molar-refractivity contribution in [2.24, 2.45) is 5.92 Å². The topological polar surface area (TPSA) is 72.0 Å². The number of anilines is 2. The number of hydrogen-bond donors (Lipinski definition) is 2. The van der Waals surface area contributed by atoms with E-state index in [0.717, 1.165) is 19.3 Å². The maximum atomic E-state index is 5.49. The van der Waals surface area contributed by atoms with Crippen LogP contribution >= 0.6 is 0 Å². The Labute approximate surface area is 121 Å². The molecule has 0 aliphatic heterocycles. The predicted octanol–water partition coefficient (Wildman–Crippen LogP) is 2.94. The van der Waals surface area contributed by atoms with Crippen LogP contribution in [0.2, 0.25) is 0 Å². The molecule has 0 saturated carbocycles. The van der Waals surface area contributed by atoms with Gasteiger partial charge in [0.2, 0.25) is 11.9 Å². The summed E-state index contributed by atoms with van der Waals surface area (Å²) < 4.78 is 5.49. The lowest BCUT2D eigenvalue weighted by Gasteiger charge is -2.22. The van der Waals surface area contributed by atoms with Gasteiger partial charge in [0.15, 0.2) is 0 Å². The van der Waals surface area contributed by atoms with Gasteiger partial charge in [-0.1, -0.05) is 33.6 Å². The molecule has 0 amide bonds. The van der Waals surface area contributed by atoms with Crippen molar-refractivity contribution in [2.75, 3.05) is 24.3 Å². The lowest BCUT2D eigenvalue weighted by Crippen LogP contribution is -2.26. The summed E-state index contributed by atoms with van der Waals surface area (Å²) in [4.78, 5) is 12.8. The van der Waals surface area contributed by atoms with Crippen LogP contribution in [0.25, 0.3) is 0 Å². The lowest BCUT2D eigenvalue weighted by atomic mass is 9.96. The molecule has 0 bridgehead atoms. The fraction of sp³-hybridized carbons (Fsp3) is 0.786. The molecular weight excluding hydrogens is 254 g/mol. The van der Waals surface area contributed by atoms with E-state index in [-0.39, 0.29) is 0 Å². The second kappa shape index (κ2) is 8.55. The molecule has 0 aliphatic carbocycles. The zero-order valence-corrected chi connectivity index (χ0v) is 13.2. The Kier molecular flexibility index (Phi) is 7.04. The molecule has 6 nitrogen and oxygen atoms in total. The molecule has 0 aliphatic rings. The van der Waals surface area contributed by atoms with Crippen molar-refractivity contribution < 1.29 is 4.74 Å². The van der Waals surface area contributed by atoms with Gasteiger partial charge in [0.25, 0.3) is 0 Å². The van der Waals surface area contributed by atoms with Crippen molar-refractivity contribution in [2.45, 2.75) is 53.0 Å². The number of nitrogens with zero attached hydrogens (tertiary/aromatic N) is 3. The van der Waals surface area contributed by atoms with Gasteiger partial charge in [-0.15, -0.1) is 0 Å². The Hall–Kier alpha value is -1.59. The van der Waals surface area contributed by atoms with Crippen LogP contribution < -0.4 is 15.4 Å². The lowest BCUT2D eigenvalue weighted by molar-refractivity contribution is 0.292. The molecule has 0 saturated heterocycles. The average Bonchev–Trinajstić information content (AvgIpc) is 2.46. The summed E-state index contributed by atoms with van der Waals surface area (Å²) in [6.45, 7) is 9.22.